The van der Waals surface area contributed by atoms with Crippen LogP contribution in [0, 0.1) is 29.4 Å². The first-order chi connectivity index (χ1) is 12.5. The predicted molar refractivity (Wildman–Crippen MR) is 102 cm³/mol. The molecule has 0 atom stereocenters. The molecule has 0 amide bonds. The largest absolute Gasteiger partial charge is 0.493 e. The van der Waals surface area contributed by atoms with E-state index in [1.807, 2.05) is 24.3 Å². The third-order valence-electron chi connectivity index (χ3n) is 5.33. The number of hydrogen-bond donors (Lipinski definition) is 0. The van der Waals surface area contributed by atoms with Gasteiger partial charge in [-0.05, 0) is 66.8 Å². The van der Waals surface area contributed by atoms with Gasteiger partial charge in [-0.3, -0.25) is 0 Å². The molecule has 0 heterocycles. The Balaban J connectivity index is 1.56. The quantitative estimate of drug-likeness (QED) is 0.548. The van der Waals surface area contributed by atoms with Crippen molar-refractivity contribution in [1.82, 2.24) is 0 Å². The highest BCUT2D eigenvalue weighted by Crippen LogP contribution is 2.33. The molecule has 1 aliphatic rings. The fourth-order valence-corrected chi connectivity index (χ4v) is 3.99. The molecular formula is C23H28F2O. The number of hydrogen-bond acceptors (Lipinski definition) is 1. The minimum Gasteiger partial charge on any atom is -0.493 e. The van der Waals surface area contributed by atoms with Crippen molar-refractivity contribution in [3.05, 3.63) is 54.1 Å². The molecule has 1 nitrogen and oxygen atoms in total. The van der Waals surface area contributed by atoms with Gasteiger partial charge in [0.25, 0.3) is 0 Å². The highest BCUT2D eigenvalue weighted by molar-refractivity contribution is 5.65. The van der Waals surface area contributed by atoms with Crippen molar-refractivity contribution in [3.8, 4) is 16.9 Å². The first-order valence-corrected chi connectivity index (χ1v) is 9.69. The van der Waals surface area contributed by atoms with Crippen molar-refractivity contribution in [2.45, 2.75) is 46.0 Å². The number of benzene rings is 2. The lowest BCUT2D eigenvalue weighted by Gasteiger charge is -2.29. The molecule has 0 bridgehead atoms. The molecule has 0 N–H and O–H groups in total. The summed E-state index contributed by atoms with van der Waals surface area (Å²) in [6.45, 7) is 5.31. The van der Waals surface area contributed by atoms with Crippen LogP contribution in [0.3, 0.4) is 0 Å². The first-order valence-electron chi connectivity index (χ1n) is 9.69. The van der Waals surface area contributed by atoms with E-state index in [9.17, 15) is 8.78 Å². The average Bonchev–Trinajstić information content (AvgIpc) is 2.61. The van der Waals surface area contributed by atoms with Crippen LogP contribution in [0.1, 0.15) is 46.0 Å². The minimum absolute atomic E-state index is 0.394. The zero-order chi connectivity index (χ0) is 18.5. The van der Waals surface area contributed by atoms with E-state index >= 15 is 0 Å². The molecule has 0 aromatic heterocycles. The van der Waals surface area contributed by atoms with Crippen LogP contribution >= 0.6 is 0 Å². The summed E-state index contributed by atoms with van der Waals surface area (Å²) in [6.07, 6.45) is 6.38. The van der Waals surface area contributed by atoms with Gasteiger partial charge in [0.05, 0.1) is 6.61 Å². The minimum atomic E-state index is -0.563. The molecule has 0 spiro atoms. The highest BCUT2D eigenvalue weighted by Gasteiger charge is 2.22. The third kappa shape index (κ3) is 5.06. The van der Waals surface area contributed by atoms with Crippen molar-refractivity contribution in [3.63, 3.8) is 0 Å². The van der Waals surface area contributed by atoms with Gasteiger partial charge < -0.3 is 4.74 Å². The Labute approximate surface area is 155 Å². The summed E-state index contributed by atoms with van der Waals surface area (Å²) >= 11 is 0. The molecule has 0 aliphatic heterocycles. The van der Waals surface area contributed by atoms with E-state index in [1.165, 1.54) is 44.2 Å². The molecule has 0 unspecified atom stereocenters. The predicted octanol–water partition coefficient (Wildman–Crippen LogP) is 6.86. The zero-order valence-electron chi connectivity index (χ0n) is 15.7. The Kier molecular flexibility index (Phi) is 6.29. The molecule has 140 valence electrons. The van der Waals surface area contributed by atoms with Gasteiger partial charge in [0.15, 0.2) is 0 Å². The van der Waals surface area contributed by atoms with Gasteiger partial charge >= 0.3 is 0 Å². The molecule has 0 radical (unpaired) electrons. The van der Waals surface area contributed by atoms with E-state index < -0.39 is 11.6 Å². The lowest BCUT2D eigenvalue weighted by molar-refractivity contribution is 0.173. The van der Waals surface area contributed by atoms with E-state index in [2.05, 4.69) is 13.8 Å². The molecular weight excluding hydrogens is 330 g/mol. The van der Waals surface area contributed by atoms with Crippen LogP contribution in [0.15, 0.2) is 42.5 Å². The summed E-state index contributed by atoms with van der Waals surface area (Å²) in [5, 5.41) is 0. The normalized spacial score (nSPS) is 20.3. The van der Waals surface area contributed by atoms with Crippen LogP contribution in [-0.4, -0.2) is 6.61 Å². The Bertz CT molecular complexity index is 718. The average molecular weight is 358 g/mol. The summed E-state index contributed by atoms with van der Waals surface area (Å²) in [4.78, 5) is 0. The molecule has 2 aromatic carbocycles. The van der Waals surface area contributed by atoms with E-state index in [0.717, 1.165) is 23.7 Å². The maximum Gasteiger partial charge on any atom is 0.133 e. The van der Waals surface area contributed by atoms with Gasteiger partial charge in [0.2, 0.25) is 0 Å². The number of rotatable bonds is 6. The summed E-state index contributed by atoms with van der Waals surface area (Å²) in [5.74, 6) is 1.89. The Morgan fingerprint density at radius 3 is 2.38 bits per heavy atom. The Morgan fingerprint density at radius 1 is 0.962 bits per heavy atom. The third-order valence-corrected chi connectivity index (χ3v) is 5.33. The van der Waals surface area contributed by atoms with Crippen LogP contribution < -0.4 is 4.74 Å². The fourth-order valence-electron chi connectivity index (χ4n) is 3.99. The number of halogens is 2. The first kappa shape index (κ1) is 18.9. The molecule has 1 fully saturated rings. The van der Waals surface area contributed by atoms with Crippen molar-refractivity contribution < 1.29 is 13.5 Å². The van der Waals surface area contributed by atoms with Crippen molar-refractivity contribution in [2.75, 3.05) is 6.61 Å². The molecule has 1 aliphatic carbocycles. The lowest BCUT2D eigenvalue weighted by Crippen LogP contribution is -2.21. The Morgan fingerprint density at radius 2 is 1.69 bits per heavy atom. The van der Waals surface area contributed by atoms with Crippen LogP contribution in [-0.2, 0) is 0 Å². The van der Waals surface area contributed by atoms with E-state index in [-0.39, 0.29) is 0 Å². The molecule has 2 aromatic rings. The van der Waals surface area contributed by atoms with Gasteiger partial charge in [-0.25, -0.2) is 8.78 Å². The molecule has 1 saturated carbocycles. The number of ether oxygens (including phenoxy) is 1. The van der Waals surface area contributed by atoms with Gasteiger partial charge in [-0.2, -0.15) is 0 Å². The lowest BCUT2D eigenvalue weighted by atomic mass is 9.79. The van der Waals surface area contributed by atoms with Gasteiger partial charge in [0, 0.05) is 11.6 Å². The second kappa shape index (κ2) is 8.66. The summed E-state index contributed by atoms with van der Waals surface area (Å²) < 4.78 is 33.1. The summed E-state index contributed by atoms with van der Waals surface area (Å²) in [6, 6.07) is 11.1. The van der Waals surface area contributed by atoms with Gasteiger partial charge in [0.1, 0.15) is 17.4 Å². The summed E-state index contributed by atoms with van der Waals surface area (Å²) in [5.41, 5.74) is 1.10. The van der Waals surface area contributed by atoms with Crippen LogP contribution in [0.25, 0.3) is 11.1 Å². The van der Waals surface area contributed by atoms with Gasteiger partial charge in [-0.1, -0.05) is 38.8 Å². The topological polar surface area (TPSA) is 9.23 Å². The maximum absolute atomic E-state index is 14.0. The molecule has 26 heavy (non-hydrogen) atoms. The van der Waals surface area contributed by atoms with Crippen LogP contribution in [0.5, 0.6) is 5.75 Å². The fraction of sp³-hybridized carbons (Fsp3) is 0.478. The standard InChI is InChI=1S/C23H28F2O/c1-16(2)12-17-6-8-18(9-7-17)15-26-21-5-3-4-19(13-21)22-11-10-20(24)14-23(22)25/h3-5,10-11,13-14,16-18H,6-9,12,15H2,1-2H3. The van der Waals surface area contributed by atoms with Crippen molar-refractivity contribution in [2.24, 2.45) is 17.8 Å². The van der Waals surface area contributed by atoms with E-state index in [4.69, 9.17) is 4.74 Å². The van der Waals surface area contributed by atoms with E-state index in [1.54, 1.807) is 0 Å². The van der Waals surface area contributed by atoms with Crippen LogP contribution in [0.4, 0.5) is 8.78 Å². The SMILES string of the molecule is CC(C)CC1CCC(COc2cccc(-c3ccc(F)cc3F)c2)CC1. The highest BCUT2D eigenvalue weighted by atomic mass is 19.1. The van der Waals surface area contributed by atoms with Gasteiger partial charge in [-0.15, -0.1) is 0 Å². The van der Waals surface area contributed by atoms with Crippen molar-refractivity contribution in [1.29, 1.82) is 0 Å². The van der Waals surface area contributed by atoms with Crippen molar-refractivity contribution >= 4 is 0 Å². The second-order valence-electron chi connectivity index (χ2n) is 7.98. The maximum atomic E-state index is 14.0. The molecule has 0 saturated heterocycles. The van der Waals surface area contributed by atoms with Crippen LogP contribution in [0.2, 0.25) is 0 Å². The Hall–Kier alpha value is -1.90. The molecule has 3 heteroatoms. The smallest absolute Gasteiger partial charge is 0.133 e. The second-order valence-corrected chi connectivity index (χ2v) is 7.98. The zero-order valence-corrected chi connectivity index (χ0v) is 15.7. The summed E-state index contributed by atoms with van der Waals surface area (Å²) in [7, 11) is 0. The monoisotopic (exact) mass is 358 g/mol. The molecule has 3 rings (SSSR count). The van der Waals surface area contributed by atoms with E-state index in [0.29, 0.717) is 23.7 Å².